The van der Waals surface area contributed by atoms with E-state index in [1.165, 1.54) is 6.07 Å². The predicted molar refractivity (Wildman–Crippen MR) is 113 cm³/mol. The molecule has 0 unspecified atom stereocenters. The van der Waals surface area contributed by atoms with Crippen LogP contribution in [0.25, 0.3) is 22.6 Å². The van der Waals surface area contributed by atoms with Crippen molar-refractivity contribution in [2.75, 3.05) is 0 Å². The van der Waals surface area contributed by atoms with Crippen LogP contribution in [-0.4, -0.2) is 20.9 Å². The zero-order chi connectivity index (χ0) is 21.0. The molecule has 0 aliphatic rings. The molecule has 2 heterocycles. The monoisotopic (exact) mass is 406 g/mol. The van der Waals surface area contributed by atoms with E-state index in [4.69, 9.17) is 18.0 Å². The molecule has 0 atom stereocenters. The summed E-state index contributed by atoms with van der Waals surface area (Å²) in [5.41, 5.74) is 2.72. The summed E-state index contributed by atoms with van der Waals surface area (Å²) in [5, 5.41) is 3.29. The first kappa shape index (κ1) is 20.3. The minimum Gasteiger partial charge on any atom is -0.352 e. The predicted octanol–water partition coefficient (Wildman–Crippen LogP) is 3.41. The number of H-pyrrole nitrogens is 1. The van der Waals surface area contributed by atoms with Crippen molar-refractivity contribution in [1.29, 1.82) is 0 Å². The highest BCUT2D eigenvalue weighted by molar-refractivity contribution is 6.33. The van der Waals surface area contributed by atoms with Crippen LogP contribution in [0.15, 0.2) is 47.5 Å². The first-order valence-electron chi connectivity index (χ1n) is 8.97. The van der Waals surface area contributed by atoms with Gasteiger partial charge in [0.2, 0.25) is 5.91 Å². The smallest absolute Gasteiger partial charge is 0.251 e. The first-order valence-corrected chi connectivity index (χ1v) is 9.35. The van der Waals surface area contributed by atoms with Gasteiger partial charge in [-0.25, -0.2) is 4.98 Å². The van der Waals surface area contributed by atoms with E-state index in [9.17, 15) is 9.59 Å². The van der Waals surface area contributed by atoms with Crippen molar-refractivity contribution < 1.29 is 4.79 Å². The fourth-order valence-corrected chi connectivity index (χ4v) is 2.86. The van der Waals surface area contributed by atoms with Crippen LogP contribution in [0, 0.1) is 18.3 Å². The molecule has 0 spiro atoms. The number of carbonyl (C=O) groups excluding carboxylic acids is 1. The number of pyridine rings is 1. The number of hydrogen-bond acceptors (Lipinski definition) is 4. The lowest BCUT2D eigenvalue weighted by molar-refractivity contribution is -0.124. The number of hydrogen-bond donors (Lipinski definition) is 2. The number of aromatic amines is 1. The highest BCUT2D eigenvalue weighted by atomic mass is 35.5. The van der Waals surface area contributed by atoms with Gasteiger partial charge in [-0.05, 0) is 23.8 Å². The second kappa shape index (κ2) is 8.72. The van der Waals surface area contributed by atoms with Gasteiger partial charge in [-0.15, -0.1) is 6.42 Å². The van der Waals surface area contributed by atoms with Crippen LogP contribution in [0.5, 0.6) is 0 Å². The number of rotatable bonds is 5. The van der Waals surface area contributed by atoms with E-state index in [0.717, 1.165) is 5.56 Å². The summed E-state index contributed by atoms with van der Waals surface area (Å²) in [5.74, 6) is 2.68. The third-order valence-electron chi connectivity index (χ3n) is 4.22. The van der Waals surface area contributed by atoms with Gasteiger partial charge in [-0.1, -0.05) is 37.4 Å². The fourth-order valence-electron chi connectivity index (χ4n) is 2.65. The average molecular weight is 407 g/mol. The maximum atomic E-state index is 12.2. The quantitative estimate of drug-likeness (QED) is 0.635. The van der Waals surface area contributed by atoms with Crippen molar-refractivity contribution in [1.82, 2.24) is 20.3 Å². The Balaban J connectivity index is 1.99. The van der Waals surface area contributed by atoms with Gasteiger partial charge in [0.25, 0.3) is 5.56 Å². The van der Waals surface area contributed by atoms with E-state index in [2.05, 4.69) is 26.2 Å². The third-order valence-corrected chi connectivity index (χ3v) is 4.55. The molecule has 7 heteroatoms. The number of halogens is 1. The molecule has 6 nitrogen and oxygen atoms in total. The normalized spacial score (nSPS) is 10.6. The van der Waals surface area contributed by atoms with Crippen molar-refractivity contribution in [2.24, 2.45) is 5.92 Å². The summed E-state index contributed by atoms with van der Waals surface area (Å²) < 4.78 is 0. The average Bonchev–Trinajstić information content (AvgIpc) is 2.72. The van der Waals surface area contributed by atoms with Crippen molar-refractivity contribution in [3.8, 4) is 35.0 Å². The third kappa shape index (κ3) is 4.89. The SMILES string of the molecule is C#Cc1cncc(-c2cc(=O)[nH]c(-c3cc(CNC(=O)C(C)C)ccc3Cl)n2)c1. The molecular formula is C22H19ClN4O2. The Morgan fingerprint density at radius 1 is 1.28 bits per heavy atom. The van der Waals surface area contributed by atoms with Crippen LogP contribution in [0.2, 0.25) is 5.02 Å². The van der Waals surface area contributed by atoms with Crippen LogP contribution in [0.3, 0.4) is 0 Å². The molecule has 1 amide bonds. The van der Waals surface area contributed by atoms with Gasteiger partial charge in [0.1, 0.15) is 5.82 Å². The zero-order valence-electron chi connectivity index (χ0n) is 16.0. The maximum absolute atomic E-state index is 12.2. The van der Waals surface area contributed by atoms with E-state index >= 15 is 0 Å². The fraction of sp³-hybridized carbons (Fsp3) is 0.182. The molecule has 0 saturated carbocycles. The van der Waals surface area contributed by atoms with E-state index in [0.29, 0.717) is 39.8 Å². The minimum atomic E-state index is -0.328. The van der Waals surface area contributed by atoms with E-state index in [1.807, 2.05) is 19.9 Å². The van der Waals surface area contributed by atoms with Crippen molar-refractivity contribution in [2.45, 2.75) is 20.4 Å². The Hall–Kier alpha value is -3.43. The van der Waals surface area contributed by atoms with Crippen LogP contribution in [0.4, 0.5) is 0 Å². The summed E-state index contributed by atoms with van der Waals surface area (Å²) in [6, 6.07) is 8.43. The summed E-state index contributed by atoms with van der Waals surface area (Å²) >= 11 is 6.35. The van der Waals surface area contributed by atoms with Gasteiger partial charge in [-0.3, -0.25) is 14.6 Å². The number of carbonyl (C=O) groups is 1. The van der Waals surface area contributed by atoms with E-state index < -0.39 is 0 Å². The molecule has 146 valence electrons. The summed E-state index contributed by atoms with van der Waals surface area (Å²) in [7, 11) is 0. The Bertz CT molecular complexity index is 1160. The van der Waals surface area contributed by atoms with Crippen LogP contribution >= 0.6 is 11.6 Å². The largest absolute Gasteiger partial charge is 0.352 e. The molecule has 3 rings (SSSR count). The van der Waals surface area contributed by atoms with Gasteiger partial charge in [0.05, 0.1) is 10.7 Å². The first-order chi connectivity index (χ1) is 13.9. The topological polar surface area (TPSA) is 87.7 Å². The van der Waals surface area contributed by atoms with Crippen LogP contribution in [0.1, 0.15) is 25.0 Å². The van der Waals surface area contributed by atoms with E-state index in [1.54, 1.807) is 30.6 Å². The van der Waals surface area contributed by atoms with Crippen molar-refractivity contribution in [3.05, 3.63) is 69.2 Å². The highest BCUT2D eigenvalue weighted by Crippen LogP contribution is 2.27. The molecule has 2 aromatic heterocycles. The van der Waals surface area contributed by atoms with Gasteiger partial charge in [0.15, 0.2) is 0 Å². The number of benzene rings is 1. The van der Waals surface area contributed by atoms with Crippen LogP contribution in [-0.2, 0) is 11.3 Å². The summed E-state index contributed by atoms with van der Waals surface area (Å²) in [6.07, 6.45) is 8.57. The van der Waals surface area contributed by atoms with Crippen molar-refractivity contribution in [3.63, 3.8) is 0 Å². The maximum Gasteiger partial charge on any atom is 0.251 e. The molecule has 0 aliphatic carbocycles. The number of terminal acetylenes is 1. The molecule has 29 heavy (non-hydrogen) atoms. The number of amides is 1. The lowest BCUT2D eigenvalue weighted by atomic mass is 10.1. The molecule has 0 aliphatic heterocycles. The molecule has 3 aromatic rings. The minimum absolute atomic E-state index is 0.0454. The number of nitrogens with one attached hydrogen (secondary N) is 2. The molecule has 0 fully saturated rings. The van der Waals surface area contributed by atoms with Gasteiger partial charge >= 0.3 is 0 Å². The summed E-state index contributed by atoms with van der Waals surface area (Å²) in [4.78, 5) is 35.4. The molecule has 0 saturated heterocycles. The Labute approximate surface area is 173 Å². The van der Waals surface area contributed by atoms with Gasteiger partial charge in [0, 0.05) is 47.6 Å². The molecule has 1 aromatic carbocycles. The van der Waals surface area contributed by atoms with Gasteiger partial charge < -0.3 is 10.3 Å². The van der Waals surface area contributed by atoms with Crippen LogP contribution < -0.4 is 10.9 Å². The lowest BCUT2D eigenvalue weighted by Crippen LogP contribution is -2.27. The lowest BCUT2D eigenvalue weighted by Gasteiger charge is -2.11. The molecule has 0 radical (unpaired) electrons. The second-order valence-electron chi connectivity index (χ2n) is 6.77. The highest BCUT2D eigenvalue weighted by Gasteiger charge is 2.12. The van der Waals surface area contributed by atoms with Gasteiger partial charge in [-0.2, -0.15) is 0 Å². The Morgan fingerprint density at radius 2 is 2.07 bits per heavy atom. The zero-order valence-corrected chi connectivity index (χ0v) is 16.7. The summed E-state index contributed by atoms with van der Waals surface area (Å²) in [6.45, 7) is 4.00. The molecule has 2 N–H and O–H groups in total. The number of nitrogens with zero attached hydrogens (tertiary/aromatic N) is 2. The number of aromatic nitrogens is 3. The standard InChI is InChI=1S/C22H19ClN4O2/c1-4-14-7-16(12-24-10-14)19-9-20(28)27-21(26-19)17-8-15(5-6-18(17)23)11-25-22(29)13(2)3/h1,5-10,12-13H,11H2,2-3H3,(H,25,29)(H,26,27,28). The second-order valence-corrected chi connectivity index (χ2v) is 7.18. The molecular weight excluding hydrogens is 388 g/mol. The molecule has 0 bridgehead atoms. The Morgan fingerprint density at radius 3 is 2.79 bits per heavy atom. The Kier molecular flexibility index (Phi) is 6.10. The van der Waals surface area contributed by atoms with E-state index in [-0.39, 0.29) is 17.4 Å². The van der Waals surface area contributed by atoms with Crippen molar-refractivity contribution >= 4 is 17.5 Å².